The number of hydrogen-bond donors (Lipinski definition) is 1. The summed E-state index contributed by atoms with van der Waals surface area (Å²) in [6.45, 7) is 7.14. The third-order valence-corrected chi connectivity index (χ3v) is 3.52. The molecular weight excluding hydrogens is 214 g/mol. The van der Waals surface area contributed by atoms with E-state index in [1.165, 1.54) is 12.8 Å². The number of aromatic nitrogens is 2. The fourth-order valence-electron chi connectivity index (χ4n) is 2.59. The van der Waals surface area contributed by atoms with Crippen molar-refractivity contribution in [2.75, 3.05) is 6.54 Å². The zero-order valence-corrected chi connectivity index (χ0v) is 10.9. The molecule has 1 fully saturated rings. The quantitative estimate of drug-likeness (QED) is 0.819. The molecule has 1 aromatic heterocycles. The molecule has 0 bridgehead atoms. The Balaban J connectivity index is 2.20. The lowest BCUT2D eigenvalue weighted by Crippen LogP contribution is -2.38. The number of hydrogen-bond acceptors (Lipinski definition) is 3. The molecule has 0 saturated carbocycles. The van der Waals surface area contributed by atoms with Crippen molar-refractivity contribution in [2.24, 2.45) is 0 Å². The van der Waals surface area contributed by atoms with E-state index in [1.807, 2.05) is 6.07 Å². The average molecular weight is 235 g/mol. The summed E-state index contributed by atoms with van der Waals surface area (Å²) in [5.41, 5.74) is 1.64. The van der Waals surface area contributed by atoms with Gasteiger partial charge in [-0.1, -0.05) is 6.42 Å². The van der Waals surface area contributed by atoms with Crippen LogP contribution in [0.4, 0.5) is 0 Å². The van der Waals surface area contributed by atoms with Crippen molar-refractivity contribution in [3.63, 3.8) is 0 Å². The minimum Gasteiger partial charge on any atom is -0.293 e. The van der Waals surface area contributed by atoms with Crippen LogP contribution in [0.25, 0.3) is 0 Å². The molecule has 94 valence electrons. The summed E-state index contributed by atoms with van der Waals surface area (Å²) < 4.78 is 0. The third kappa shape index (κ3) is 2.57. The van der Waals surface area contributed by atoms with Gasteiger partial charge in [-0.05, 0) is 39.3 Å². The number of H-pyrrole nitrogens is 1. The van der Waals surface area contributed by atoms with Gasteiger partial charge in [-0.25, -0.2) is 0 Å². The van der Waals surface area contributed by atoms with E-state index in [0.717, 1.165) is 18.7 Å². The molecule has 1 aromatic rings. The highest BCUT2D eigenvalue weighted by Crippen LogP contribution is 2.31. The standard InChI is InChI=1S/C13H21N3O/c1-9(2)16-7-5-4-6-13(16)12-8-11(10(3)17)14-15-12/h8-9,13H,4-7H2,1-3H3,(H,14,15). The number of carbonyl (C=O) groups is 1. The van der Waals surface area contributed by atoms with Gasteiger partial charge in [0.25, 0.3) is 0 Å². The first-order valence-electron chi connectivity index (χ1n) is 6.41. The van der Waals surface area contributed by atoms with E-state index < -0.39 is 0 Å². The molecule has 1 aliphatic heterocycles. The third-order valence-electron chi connectivity index (χ3n) is 3.52. The maximum Gasteiger partial charge on any atom is 0.179 e. The molecule has 0 radical (unpaired) electrons. The Hall–Kier alpha value is -1.16. The maximum atomic E-state index is 11.3. The van der Waals surface area contributed by atoms with Gasteiger partial charge < -0.3 is 0 Å². The number of Topliss-reactive ketones (excluding diaryl/α,β-unsaturated/α-hetero) is 1. The van der Waals surface area contributed by atoms with Crippen LogP contribution >= 0.6 is 0 Å². The number of nitrogens with zero attached hydrogens (tertiary/aromatic N) is 2. The van der Waals surface area contributed by atoms with Gasteiger partial charge in [0.1, 0.15) is 5.69 Å². The molecule has 17 heavy (non-hydrogen) atoms. The minimum atomic E-state index is 0.0272. The number of carbonyl (C=O) groups excluding carboxylic acids is 1. The van der Waals surface area contributed by atoms with E-state index in [1.54, 1.807) is 6.92 Å². The molecular formula is C13H21N3O. The normalized spacial score (nSPS) is 22.0. The van der Waals surface area contributed by atoms with Crippen molar-refractivity contribution in [3.8, 4) is 0 Å². The van der Waals surface area contributed by atoms with Gasteiger partial charge in [0.2, 0.25) is 0 Å². The van der Waals surface area contributed by atoms with Gasteiger partial charge in [-0.3, -0.25) is 14.8 Å². The summed E-state index contributed by atoms with van der Waals surface area (Å²) in [5.74, 6) is 0.0272. The molecule has 0 aliphatic carbocycles. The van der Waals surface area contributed by atoms with Crippen molar-refractivity contribution >= 4 is 5.78 Å². The lowest BCUT2D eigenvalue weighted by molar-refractivity contribution is 0.101. The van der Waals surface area contributed by atoms with Gasteiger partial charge in [-0.15, -0.1) is 0 Å². The summed E-state index contributed by atoms with van der Waals surface area (Å²) in [5, 5.41) is 7.11. The molecule has 0 spiro atoms. The summed E-state index contributed by atoms with van der Waals surface area (Å²) in [6, 6.07) is 2.84. The summed E-state index contributed by atoms with van der Waals surface area (Å²) in [7, 11) is 0. The molecule has 2 rings (SSSR count). The molecule has 1 aliphatic rings. The first-order chi connectivity index (χ1) is 8.09. The zero-order chi connectivity index (χ0) is 12.4. The molecule has 1 saturated heterocycles. The Bertz CT molecular complexity index is 397. The summed E-state index contributed by atoms with van der Waals surface area (Å²) in [4.78, 5) is 13.7. The first-order valence-corrected chi connectivity index (χ1v) is 6.41. The van der Waals surface area contributed by atoms with Crippen LogP contribution in [0.15, 0.2) is 6.07 Å². The number of aromatic amines is 1. The fourth-order valence-corrected chi connectivity index (χ4v) is 2.59. The Morgan fingerprint density at radius 3 is 2.88 bits per heavy atom. The molecule has 2 heterocycles. The molecule has 4 nitrogen and oxygen atoms in total. The van der Waals surface area contributed by atoms with E-state index in [9.17, 15) is 4.79 Å². The Morgan fingerprint density at radius 1 is 1.53 bits per heavy atom. The van der Waals surface area contributed by atoms with Gasteiger partial charge in [-0.2, -0.15) is 5.10 Å². The van der Waals surface area contributed by atoms with Crippen LogP contribution in [0.1, 0.15) is 62.3 Å². The van der Waals surface area contributed by atoms with Crippen LogP contribution in [0.2, 0.25) is 0 Å². The highest BCUT2D eigenvalue weighted by atomic mass is 16.1. The second-order valence-electron chi connectivity index (χ2n) is 5.11. The van der Waals surface area contributed by atoms with Crippen molar-refractivity contribution in [1.82, 2.24) is 15.1 Å². The van der Waals surface area contributed by atoms with E-state index in [4.69, 9.17) is 0 Å². The number of likely N-dealkylation sites (tertiary alicyclic amines) is 1. The summed E-state index contributed by atoms with van der Waals surface area (Å²) >= 11 is 0. The molecule has 1 atom stereocenters. The van der Waals surface area contributed by atoms with Crippen molar-refractivity contribution in [2.45, 2.75) is 52.1 Å². The van der Waals surface area contributed by atoms with Gasteiger partial charge in [0.15, 0.2) is 5.78 Å². The van der Waals surface area contributed by atoms with Crippen LogP contribution in [0.3, 0.4) is 0 Å². The predicted molar refractivity (Wildman–Crippen MR) is 67.0 cm³/mol. The SMILES string of the molecule is CC(=O)c1cc(C2CCCCN2C(C)C)[nH]n1. The van der Waals surface area contributed by atoms with Crippen LogP contribution in [0, 0.1) is 0 Å². The molecule has 0 aromatic carbocycles. The van der Waals surface area contributed by atoms with Crippen LogP contribution in [0.5, 0.6) is 0 Å². The van der Waals surface area contributed by atoms with Crippen LogP contribution < -0.4 is 0 Å². The zero-order valence-electron chi connectivity index (χ0n) is 10.9. The van der Waals surface area contributed by atoms with Crippen molar-refractivity contribution in [3.05, 3.63) is 17.5 Å². The number of nitrogens with one attached hydrogen (secondary N) is 1. The monoisotopic (exact) mass is 235 g/mol. The van der Waals surface area contributed by atoms with Gasteiger partial charge in [0.05, 0.1) is 11.7 Å². The Labute approximate surface area is 102 Å². The second-order valence-corrected chi connectivity index (χ2v) is 5.11. The predicted octanol–water partition coefficient (Wildman–Crippen LogP) is 2.55. The van der Waals surface area contributed by atoms with E-state index in [2.05, 4.69) is 28.9 Å². The Kier molecular flexibility index (Phi) is 3.62. The van der Waals surface area contributed by atoms with E-state index in [0.29, 0.717) is 17.8 Å². The highest BCUT2D eigenvalue weighted by Gasteiger charge is 2.27. The number of ketones is 1. The summed E-state index contributed by atoms with van der Waals surface area (Å²) in [6.07, 6.45) is 3.67. The number of piperidine rings is 1. The molecule has 1 N–H and O–H groups in total. The topological polar surface area (TPSA) is 49.0 Å². The second kappa shape index (κ2) is 5.00. The van der Waals surface area contributed by atoms with Crippen LogP contribution in [-0.2, 0) is 0 Å². The fraction of sp³-hybridized carbons (Fsp3) is 0.692. The van der Waals surface area contributed by atoms with Gasteiger partial charge >= 0.3 is 0 Å². The van der Waals surface area contributed by atoms with Crippen LogP contribution in [-0.4, -0.2) is 33.5 Å². The van der Waals surface area contributed by atoms with Crippen molar-refractivity contribution < 1.29 is 4.79 Å². The average Bonchev–Trinajstić information content (AvgIpc) is 2.78. The largest absolute Gasteiger partial charge is 0.293 e. The molecule has 1 unspecified atom stereocenters. The highest BCUT2D eigenvalue weighted by molar-refractivity contribution is 5.92. The lowest BCUT2D eigenvalue weighted by atomic mass is 9.97. The Morgan fingerprint density at radius 2 is 2.29 bits per heavy atom. The lowest BCUT2D eigenvalue weighted by Gasteiger charge is -2.37. The first kappa shape index (κ1) is 12.3. The number of rotatable bonds is 3. The maximum absolute atomic E-state index is 11.3. The van der Waals surface area contributed by atoms with Gasteiger partial charge in [0, 0.05) is 13.0 Å². The van der Waals surface area contributed by atoms with Crippen molar-refractivity contribution in [1.29, 1.82) is 0 Å². The minimum absolute atomic E-state index is 0.0272. The smallest absolute Gasteiger partial charge is 0.179 e. The molecule has 4 heteroatoms. The van der Waals surface area contributed by atoms with E-state index >= 15 is 0 Å². The van der Waals surface area contributed by atoms with E-state index in [-0.39, 0.29) is 5.78 Å². The molecule has 0 amide bonds.